The minimum atomic E-state index is -0.321. The zero-order valence-electron chi connectivity index (χ0n) is 13.5. The fourth-order valence-electron chi connectivity index (χ4n) is 3.94. The predicted octanol–water partition coefficient (Wildman–Crippen LogP) is 2.60. The van der Waals surface area contributed by atoms with Gasteiger partial charge in [-0.05, 0) is 26.2 Å². The molecule has 6 nitrogen and oxygen atoms in total. The number of hydrogen-bond donors (Lipinski definition) is 0. The lowest BCUT2D eigenvalue weighted by atomic mass is 9.94. The van der Waals surface area contributed by atoms with E-state index in [0.29, 0.717) is 18.3 Å². The molecule has 0 N–H and O–H groups in total. The van der Waals surface area contributed by atoms with Crippen LogP contribution in [0.25, 0.3) is 5.65 Å². The summed E-state index contributed by atoms with van der Waals surface area (Å²) < 4.78 is 7.10. The molecule has 1 fully saturated rings. The normalized spacial score (nSPS) is 18.4. The number of esters is 1. The first-order chi connectivity index (χ1) is 11.3. The minimum absolute atomic E-state index is 0.321. The van der Waals surface area contributed by atoms with Gasteiger partial charge in [-0.3, -0.25) is 0 Å². The minimum Gasteiger partial charge on any atom is -0.461 e. The molecule has 122 valence electrons. The molecule has 2 aliphatic rings. The summed E-state index contributed by atoms with van der Waals surface area (Å²) in [5, 5.41) is 4.44. The van der Waals surface area contributed by atoms with Crippen LogP contribution in [0.5, 0.6) is 0 Å². The predicted molar refractivity (Wildman–Crippen MR) is 86.9 cm³/mol. The summed E-state index contributed by atoms with van der Waals surface area (Å²) in [5.41, 5.74) is 2.17. The molecule has 0 unspecified atom stereocenters. The van der Waals surface area contributed by atoms with E-state index in [2.05, 4.69) is 15.0 Å². The summed E-state index contributed by atoms with van der Waals surface area (Å²) in [6, 6.07) is 2.40. The third-order valence-electron chi connectivity index (χ3n) is 4.96. The van der Waals surface area contributed by atoms with Crippen LogP contribution in [0.2, 0.25) is 0 Å². The second-order valence-corrected chi connectivity index (χ2v) is 6.32. The third-order valence-corrected chi connectivity index (χ3v) is 4.96. The van der Waals surface area contributed by atoms with Crippen molar-refractivity contribution in [2.75, 3.05) is 18.1 Å². The van der Waals surface area contributed by atoms with Crippen molar-refractivity contribution in [1.29, 1.82) is 0 Å². The maximum Gasteiger partial charge on any atom is 0.357 e. The Hall–Kier alpha value is -2.11. The Morgan fingerprint density at radius 1 is 1.35 bits per heavy atom. The lowest BCUT2D eigenvalue weighted by Gasteiger charge is -2.33. The number of fused-ring (bicyclic) bond motifs is 3. The molecule has 0 bridgehead atoms. The average molecular weight is 314 g/mol. The van der Waals surface area contributed by atoms with Crippen molar-refractivity contribution < 1.29 is 9.53 Å². The summed E-state index contributed by atoms with van der Waals surface area (Å²) in [4.78, 5) is 19.3. The molecule has 0 radical (unpaired) electrons. The molecule has 2 aromatic rings. The van der Waals surface area contributed by atoms with Crippen LogP contribution in [-0.2, 0) is 11.2 Å². The second-order valence-electron chi connectivity index (χ2n) is 6.32. The Bertz CT molecular complexity index is 734. The maximum atomic E-state index is 12.3. The van der Waals surface area contributed by atoms with Gasteiger partial charge in [0.15, 0.2) is 11.3 Å². The van der Waals surface area contributed by atoms with Gasteiger partial charge in [0.1, 0.15) is 5.82 Å². The highest BCUT2D eigenvalue weighted by Gasteiger charge is 2.34. The van der Waals surface area contributed by atoms with Crippen LogP contribution in [0, 0.1) is 0 Å². The fourth-order valence-corrected chi connectivity index (χ4v) is 3.94. The van der Waals surface area contributed by atoms with Gasteiger partial charge in [-0.25, -0.2) is 9.78 Å². The van der Waals surface area contributed by atoms with E-state index >= 15 is 0 Å². The summed E-state index contributed by atoms with van der Waals surface area (Å²) in [5.74, 6) is 0.730. The van der Waals surface area contributed by atoms with Crippen molar-refractivity contribution in [3.05, 3.63) is 23.5 Å². The number of hydrogen-bond acceptors (Lipinski definition) is 5. The summed E-state index contributed by atoms with van der Waals surface area (Å²) >= 11 is 0. The third kappa shape index (κ3) is 2.36. The second kappa shape index (κ2) is 5.83. The first-order valence-electron chi connectivity index (χ1n) is 8.60. The van der Waals surface area contributed by atoms with Crippen molar-refractivity contribution in [3.63, 3.8) is 0 Å². The number of nitrogens with zero attached hydrogens (tertiary/aromatic N) is 4. The van der Waals surface area contributed by atoms with Gasteiger partial charge >= 0.3 is 5.97 Å². The first kappa shape index (κ1) is 14.5. The van der Waals surface area contributed by atoms with E-state index in [1.54, 1.807) is 6.20 Å². The van der Waals surface area contributed by atoms with Gasteiger partial charge in [-0.2, -0.15) is 9.61 Å². The number of aromatic nitrogens is 3. The van der Waals surface area contributed by atoms with Crippen molar-refractivity contribution in [2.24, 2.45) is 0 Å². The van der Waals surface area contributed by atoms with Gasteiger partial charge in [-0.1, -0.05) is 19.3 Å². The van der Waals surface area contributed by atoms with Crippen LogP contribution >= 0.6 is 0 Å². The van der Waals surface area contributed by atoms with Crippen LogP contribution in [0.15, 0.2) is 12.3 Å². The molecule has 1 aliphatic heterocycles. The first-order valence-corrected chi connectivity index (χ1v) is 8.60. The van der Waals surface area contributed by atoms with E-state index in [9.17, 15) is 4.79 Å². The maximum absolute atomic E-state index is 12.3. The topological polar surface area (TPSA) is 59.7 Å². The number of anilines is 1. The Balaban J connectivity index is 1.82. The zero-order valence-corrected chi connectivity index (χ0v) is 13.5. The molecular formula is C17H22N4O2. The Kier molecular flexibility index (Phi) is 3.67. The molecule has 0 saturated heterocycles. The Morgan fingerprint density at radius 3 is 2.96 bits per heavy atom. The van der Waals surface area contributed by atoms with E-state index < -0.39 is 0 Å². The van der Waals surface area contributed by atoms with Gasteiger partial charge in [0.2, 0.25) is 0 Å². The molecule has 0 atom stereocenters. The molecule has 0 spiro atoms. The fraction of sp³-hybridized carbons (Fsp3) is 0.588. The van der Waals surface area contributed by atoms with Crippen LogP contribution in [-0.4, -0.2) is 39.8 Å². The number of ether oxygens (including phenoxy) is 1. The van der Waals surface area contributed by atoms with Gasteiger partial charge in [0, 0.05) is 24.2 Å². The van der Waals surface area contributed by atoms with Crippen molar-refractivity contribution in [1.82, 2.24) is 14.6 Å². The van der Waals surface area contributed by atoms with E-state index in [1.807, 2.05) is 17.5 Å². The number of carbonyl (C=O) groups excluding carboxylic acids is 1. The van der Waals surface area contributed by atoms with Crippen molar-refractivity contribution in [3.8, 4) is 0 Å². The van der Waals surface area contributed by atoms with Crippen LogP contribution < -0.4 is 4.90 Å². The smallest absolute Gasteiger partial charge is 0.357 e. The van der Waals surface area contributed by atoms with E-state index in [0.717, 1.165) is 30.0 Å². The van der Waals surface area contributed by atoms with Crippen molar-refractivity contribution >= 4 is 17.4 Å². The molecule has 2 aromatic heterocycles. The molecule has 1 aliphatic carbocycles. The summed E-state index contributed by atoms with van der Waals surface area (Å²) in [7, 11) is 0. The van der Waals surface area contributed by atoms with Crippen molar-refractivity contribution in [2.45, 2.75) is 51.5 Å². The van der Waals surface area contributed by atoms with E-state index in [1.165, 1.54) is 32.1 Å². The van der Waals surface area contributed by atoms with Crippen LogP contribution in [0.3, 0.4) is 0 Å². The lowest BCUT2D eigenvalue weighted by Crippen LogP contribution is -2.36. The van der Waals surface area contributed by atoms with E-state index in [-0.39, 0.29) is 5.97 Å². The quantitative estimate of drug-likeness (QED) is 0.815. The molecule has 3 heterocycles. The lowest BCUT2D eigenvalue weighted by molar-refractivity contribution is 0.0518. The van der Waals surface area contributed by atoms with Gasteiger partial charge in [-0.15, -0.1) is 0 Å². The summed E-state index contributed by atoms with van der Waals surface area (Å²) in [6.07, 6.45) is 8.93. The zero-order chi connectivity index (χ0) is 15.8. The molecule has 0 aromatic carbocycles. The van der Waals surface area contributed by atoms with Gasteiger partial charge < -0.3 is 9.64 Å². The number of rotatable bonds is 3. The molecule has 23 heavy (non-hydrogen) atoms. The van der Waals surface area contributed by atoms with Gasteiger partial charge in [0.25, 0.3) is 0 Å². The highest BCUT2D eigenvalue weighted by molar-refractivity contribution is 5.91. The largest absolute Gasteiger partial charge is 0.461 e. The molecule has 4 rings (SSSR count). The SMILES string of the molecule is CCOC(=O)c1nc2ccnn2c2c1CCN2C1CCCCC1. The Labute approximate surface area is 135 Å². The Morgan fingerprint density at radius 2 is 2.17 bits per heavy atom. The van der Waals surface area contributed by atoms with Crippen LogP contribution in [0.4, 0.5) is 5.82 Å². The standard InChI is InChI=1S/C17H22N4O2/c1-2-23-17(22)15-13-9-11-20(12-6-4-3-5-7-12)16(13)21-14(19-15)8-10-18-21/h8,10,12H,2-7,9,11H2,1H3. The van der Waals surface area contributed by atoms with Crippen LogP contribution in [0.1, 0.15) is 55.1 Å². The van der Waals surface area contributed by atoms with E-state index in [4.69, 9.17) is 4.74 Å². The summed E-state index contributed by atoms with van der Waals surface area (Å²) in [6.45, 7) is 3.13. The van der Waals surface area contributed by atoms with Gasteiger partial charge in [0.05, 0.1) is 12.8 Å². The molecule has 1 saturated carbocycles. The monoisotopic (exact) mass is 314 g/mol. The molecule has 6 heteroatoms. The number of carbonyl (C=O) groups is 1. The molecule has 0 amide bonds. The highest BCUT2D eigenvalue weighted by Crippen LogP contribution is 2.36. The average Bonchev–Trinajstić information content (AvgIpc) is 3.21. The highest BCUT2D eigenvalue weighted by atomic mass is 16.5. The molecular weight excluding hydrogens is 292 g/mol.